The van der Waals surface area contributed by atoms with E-state index in [1.807, 2.05) is 0 Å². The first-order chi connectivity index (χ1) is 9.11. The van der Waals surface area contributed by atoms with Crippen LogP contribution >= 0.6 is 0 Å². The fraction of sp³-hybridized carbons (Fsp3) is 0.462. The summed E-state index contributed by atoms with van der Waals surface area (Å²) in [4.78, 5) is 28.8. The lowest BCUT2D eigenvalue weighted by Crippen LogP contribution is -2.38. The normalized spacial score (nSPS) is 14.0. The zero-order valence-corrected chi connectivity index (χ0v) is 10.6. The summed E-state index contributed by atoms with van der Waals surface area (Å²) in [7, 11) is 0. The molecule has 1 aromatic heterocycles. The Balaban J connectivity index is 2.10. The number of esters is 1. The Morgan fingerprint density at radius 3 is 2.79 bits per heavy atom. The Bertz CT molecular complexity index is 489. The standard InChI is InChI=1S/C13H15FN2O3/c1-2-19-12(17)8-16(11-3-4-11)13(18)9-5-10(14)7-15-6-9/h5-7,11H,2-4,8H2,1H3. The lowest BCUT2D eigenvalue weighted by molar-refractivity contribution is -0.144. The molecule has 0 atom stereocenters. The molecule has 0 aliphatic heterocycles. The van der Waals surface area contributed by atoms with Gasteiger partial charge in [0.05, 0.1) is 18.4 Å². The zero-order chi connectivity index (χ0) is 13.8. The van der Waals surface area contributed by atoms with E-state index in [0.29, 0.717) is 0 Å². The summed E-state index contributed by atoms with van der Waals surface area (Å²) in [5.41, 5.74) is 0.149. The van der Waals surface area contributed by atoms with Crippen molar-refractivity contribution in [3.63, 3.8) is 0 Å². The summed E-state index contributed by atoms with van der Waals surface area (Å²) in [6.45, 7) is 1.87. The molecule has 1 aliphatic carbocycles. The minimum Gasteiger partial charge on any atom is -0.465 e. The van der Waals surface area contributed by atoms with Crippen LogP contribution in [0.3, 0.4) is 0 Å². The van der Waals surface area contributed by atoms with E-state index < -0.39 is 11.8 Å². The number of ether oxygens (including phenoxy) is 1. The Hall–Kier alpha value is -1.98. The smallest absolute Gasteiger partial charge is 0.325 e. The maximum atomic E-state index is 13.1. The van der Waals surface area contributed by atoms with E-state index in [-0.39, 0.29) is 30.7 Å². The first kappa shape index (κ1) is 13.5. The first-order valence-electron chi connectivity index (χ1n) is 6.19. The van der Waals surface area contributed by atoms with Gasteiger partial charge in [-0.15, -0.1) is 0 Å². The van der Waals surface area contributed by atoms with Crippen molar-refractivity contribution in [2.75, 3.05) is 13.2 Å². The average molecular weight is 266 g/mol. The van der Waals surface area contributed by atoms with Crippen molar-refractivity contribution in [1.29, 1.82) is 0 Å². The molecule has 1 saturated carbocycles. The number of amides is 1. The fourth-order valence-corrected chi connectivity index (χ4v) is 1.79. The third-order valence-corrected chi connectivity index (χ3v) is 2.81. The Morgan fingerprint density at radius 1 is 1.47 bits per heavy atom. The SMILES string of the molecule is CCOC(=O)CN(C(=O)c1cncc(F)c1)C1CC1. The van der Waals surface area contributed by atoms with E-state index in [1.165, 1.54) is 11.1 Å². The zero-order valence-electron chi connectivity index (χ0n) is 10.6. The quantitative estimate of drug-likeness (QED) is 0.756. The molecule has 1 aromatic rings. The van der Waals surface area contributed by atoms with Crippen LogP contribution in [0.15, 0.2) is 18.5 Å². The molecule has 0 spiro atoms. The highest BCUT2D eigenvalue weighted by molar-refractivity contribution is 5.96. The Morgan fingerprint density at radius 2 is 2.21 bits per heavy atom. The van der Waals surface area contributed by atoms with Crippen molar-refractivity contribution >= 4 is 11.9 Å². The minimum absolute atomic E-state index is 0.0418. The van der Waals surface area contributed by atoms with Gasteiger partial charge in [0.15, 0.2) is 0 Å². The van der Waals surface area contributed by atoms with E-state index in [2.05, 4.69) is 4.98 Å². The number of hydrogen-bond acceptors (Lipinski definition) is 4. The molecule has 0 aromatic carbocycles. The van der Waals surface area contributed by atoms with E-state index in [0.717, 1.165) is 25.1 Å². The first-order valence-corrected chi connectivity index (χ1v) is 6.19. The second kappa shape index (κ2) is 5.77. The highest BCUT2D eigenvalue weighted by Gasteiger charge is 2.34. The predicted octanol–water partition coefficient (Wildman–Crippen LogP) is 1.39. The Kier molecular flexibility index (Phi) is 4.09. The molecule has 2 rings (SSSR count). The largest absolute Gasteiger partial charge is 0.465 e. The number of carbonyl (C=O) groups is 2. The lowest BCUT2D eigenvalue weighted by atomic mass is 10.2. The summed E-state index contributed by atoms with van der Waals surface area (Å²) in [6.07, 6.45) is 4.04. The highest BCUT2D eigenvalue weighted by atomic mass is 19.1. The van der Waals surface area contributed by atoms with Gasteiger partial charge in [-0.3, -0.25) is 14.6 Å². The van der Waals surface area contributed by atoms with Crippen molar-refractivity contribution in [3.8, 4) is 0 Å². The van der Waals surface area contributed by atoms with Crippen LogP contribution in [0, 0.1) is 5.82 Å². The minimum atomic E-state index is -0.572. The number of halogens is 1. The third kappa shape index (κ3) is 3.49. The molecule has 102 valence electrons. The van der Waals surface area contributed by atoms with Gasteiger partial charge in [-0.1, -0.05) is 0 Å². The monoisotopic (exact) mass is 266 g/mol. The molecule has 1 amide bonds. The predicted molar refractivity (Wildman–Crippen MR) is 64.9 cm³/mol. The molecule has 1 heterocycles. The second-order valence-corrected chi connectivity index (χ2v) is 4.36. The van der Waals surface area contributed by atoms with Crippen LogP contribution < -0.4 is 0 Å². The van der Waals surface area contributed by atoms with E-state index in [1.54, 1.807) is 6.92 Å². The van der Waals surface area contributed by atoms with Crippen LogP contribution in [-0.2, 0) is 9.53 Å². The molecule has 5 nitrogen and oxygen atoms in total. The van der Waals surface area contributed by atoms with Gasteiger partial charge in [0.25, 0.3) is 5.91 Å². The number of rotatable bonds is 5. The molecule has 0 radical (unpaired) electrons. The molecule has 6 heteroatoms. The summed E-state index contributed by atoms with van der Waals surface area (Å²) < 4.78 is 17.9. The molecule has 0 N–H and O–H groups in total. The summed E-state index contributed by atoms with van der Waals surface area (Å²) in [5, 5.41) is 0. The van der Waals surface area contributed by atoms with Crippen molar-refractivity contribution < 1.29 is 18.7 Å². The molecule has 19 heavy (non-hydrogen) atoms. The van der Waals surface area contributed by atoms with Crippen LogP contribution in [0.1, 0.15) is 30.1 Å². The summed E-state index contributed by atoms with van der Waals surface area (Å²) >= 11 is 0. The van der Waals surface area contributed by atoms with Crippen molar-refractivity contribution in [2.24, 2.45) is 0 Å². The topological polar surface area (TPSA) is 59.5 Å². The number of aromatic nitrogens is 1. The van der Waals surface area contributed by atoms with Gasteiger partial charge < -0.3 is 9.64 Å². The van der Waals surface area contributed by atoms with Gasteiger partial charge >= 0.3 is 5.97 Å². The molecular formula is C13H15FN2O3. The molecule has 1 aliphatic rings. The maximum Gasteiger partial charge on any atom is 0.325 e. The van der Waals surface area contributed by atoms with Crippen molar-refractivity contribution in [1.82, 2.24) is 9.88 Å². The van der Waals surface area contributed by atoms with Crippen LogP contribution in [0.25, 0.3) is 0 Å². The molecular weight excluding hydrogens is 251 g/mol. The number of carbonyl (C=O) groups excluding carboxylic acids is 2. The van der Waals surface area contributed by atoms with Crippen LogP contribution in [0.2, 0.25) is 0 Å². The second-order valence-electron chi connectivity index (χ2n) is 4.36. The summed E-state index contributed by atoms with van der Waals surface area (Å²) in [5.74, 6) is -1.41. The number of pyridine rings is 1. The number of nitrogens with zero attached hydrogens (tertiary/aromatic N) is 2. The van der Waals surface area contributed by atoms with Gasteiger partial charge in [0.1, 0.15) is 12.4 Å². The van der Waals surface area contributed by atoms with E-state index in [9.17, 15) is 14.0 Å². The molecule has 0 saturated heterocycles. The fourth-order valence-electron chi connectivity index (χ4n) is 1.79. The molecule has 0 unspecified atom stereocenters. The lowest BCUT2D eigenvalue weighted by Gasteiger charge is -2.21. The van der Waals surface area contributed by atoms with Crippen LogP contribution in [0.4, 0.5) is 4.39 Å². The maximum absolute atomic E-state index is 13.1. The highest BCUT2D eigenvalue weighted by Crippen LogP contribution is 2.28. The van der Waals surface area contributed by atoms with Gasteiger partial charge in [-0.05, 0) is 25.8 Å². The number of hydrogen-bond donors (Lipinski definition) is 0. The van der Waals surface area contributed by atoms with Crippen LogP contribution in [0.5, 0.6) is 0 Å². The Labute approximate surface area is 110 Å². The van der Waals surface area contributed by atoms with E-state index in [4.69, 9.17) is 4.74 Å². The van der Waals surface area contributed by atoms with Gasteiger partial charge in [-0.25, -0.2) is 4.39 Å². The van der Waals surface area contributed by atoms with Gasteiger partial charge in [0, 0.05) is 12.2 Å². The van der Waals surface area contributed by atoms with Crippen molar-refractivity contribution in [2.45, 2.75) is 25.8 Å². The van der Waals surface area contributed by atoms with Gasteiger partial charge in [0.2, 0.25) is 0 Å². The van der Waals surface area contributed by atoms with Crippen LogP contribution in [-0.4, -0.2) is 41.0 Å². The molecule has 0 bridgehead atoms. The average Bonchev–Trinajstić information content (AvgIpc) is 3.20. The van der Waals surface area contributed by atoms with Gasteiger partial charge in [-0.2, -0.15) is 0 Å². The molecule has 1 fully saturated rings. The summed E-state index contributed by atoms with van der Waals surface area (Å²) in [6, 6.07) is 1.16. The third-order valence-electron chi connectivity index (χ3n) is 2.81. The van der Waals surface area contributed by atoms with E-state index >= 15 is 0 Å². The van der Waals surface area contributed by atoms with Crippen molar-refractivity contribution in [3.05, 3.63) is 29.8 Å².